The fraction of sp³-hybridized carbons (Fsp3) is 0.273. The highest BCUT2D eigenvalue weighted by molar-refractivity contribution is 9.10. The lowest BCUT2D eigenvalue weighted by atomic mass is 9.96. The van der Waals surface area contributed by atoms with Crippen molar-refractivity contribution in [1.29, 1.82) is 0 Å². The number of ether oxygens (including phenoxy) is 1. The van der Waals surface area contributed by atoms with Crippen molar-refractivity contribution in [3.63, 3.8) is 0 Å². The maximum absolute atomic E-state index is 11.0. The van der Waals surface area contributed by atoms with Crippen molar-refractivity contribution >= 4 is 27.9 Å². The van der Waals surface area contributed by atoms with Crippen LogP contribution < -0.4 is 4.74 Å². The van der Waals surface area contributed by atoms with Gasteiger partial charge in [-0.15, -0.1) is 0 Å². The Balaban J connectivity index is 3.06. The Bertz CT molecular complexity index is 443. The molecule has 0 fully saturated rings. The molecule has 0 aliphatic carbocycles. The van der Waals surface area contributed by atoms with Crippen LogP contribution in [-0.2, 0) is 9.59 Å². The van der Waals surface area contributed by atoms with E-state index in [1.807, 2.05) is 0 Å². The molecule has 0 aliphatic rings. The lowest BCUT2D eigenvalue weighted by Gasteiger charge is -2.12. The molecule has 1 rings (SSSR count). The van der Waals surface area contributed by atoms with Crippen LogP contribution in [0.25, 0.3) is 0 Å². The van der Waals surface area contributed by atoms with Gasteiger partial charge in [-0.2, -0.15) is 0 Å². The summed E-state index contributed by atoms with van der Waals surface area (Å²) >= 11 is 3.23. The van der Waals surface area contributed by atoms with E-state index < -0.39 is 24.3 Å². The number of rotatable bonds is 5. The number of hydrogen-bond acceptors (Lipinski definition) is 3. The largest absolute Gasteiger partial charge is 0.496 e. The smallest absolute Gasteiger partial charge is 0.311 e. The summed E-state index contributed by atoms with van der Waals surface area (Å²) in [6, 6.07) is 4.70. The summed E-state index contributed by atoms with van der Waals surface area (Å²) in [4.78, 5) is 21.6. The van der Waals surface area contributed by atoms with Gasteiger partial charge in [0.15, 0.2) is 0 Å². The van der Waals surface area contributed by atoms with Crippen molar-refractivity contribution in [1.82, 2.24) is 0 Å². The molecule has 0 spiro atoms. The first-order chi connectivity index (χ1) is 7.95. The molecular weight excluding hydrogens is 292 g/mol. The Morgan fingerprint density at radius 3 is 2.47 bits per heavy atom. The number of benzene rings is 1. The average Bonchev–Trinajstić information content (AvgIpc) is 2.25. The van der Waals surface area contributed by atoms with Crippen LogP contribution >= 0.6 is 15.9 Å². The van der Waals surface area contributed by atoms with Crippen molar-refractivity contribution in [2.75, 3.05) is 7.11 Å². The topological polar surface area (TPSA) is 83.8 Å². The standard InChI is InChI=1S/C11H11BrO5/c1-17-9-3-2-6(4-8(9)12)7(11(15)16)5-10(13)14/h2-4,7H,5H2,1H3,(H,13,14)(H,15,16)/t7-/m0/s1. The fourth-order valence-corrected chi connectivity index (χ4v) is 1.98. The molecule has 2 N–H and O–H groups in total. The zero-order chi connectivity index (χ0) is 13.0. The molecule has 1 aromatic carbocycles. The lowest BCUT2D eigenvalue weighted by Crippen LogP contribution is -2.15. The van der Waals surface area contributed by atoms with Gasteiger partial charge in [0.1, 0.15) is 5.75 Å². The first-order valence-electron chi connectivity index (χ1n) is 4.73. The van der Waals surface area contributed by atoms with E-state index in [-0.39, 0.29) is 0 Å². The highest BCUT2D eigenvalue weighted by Crippen LogP contribution is 2.30. The molecule has 0 saturated heterocycles. The molecule has 17 heavy (non-hydrogen) atoms. The van der Waals surface area contributed by atoms with Crippen LogP contribution in [0.3, 0.4) is 0 Å². The van der Waals surface area contributed by atoms with Crippen LogP contribution in [0.2, 0.25) is 0 Å². The van der Waals surface area contributed by atoms with Gasteiger partial charge < -0.3 is 14.9 Å². The quantitative estimate of drug-likeness (QED) is 0.870. The van der Waals surface area contributed by atoms with E-state index in [0.29, 0.717) is 15.8 Å². The first kappa shape index (κ1) is 13.5. The van der Waals surface area contributed by atoms with Gasteiger partial charge in [-0.1, -0.05) is 6.07 Å². The third kappa shape index (κ3) is 3.45. The van der Waals surface area contributed by atoms with Gasteiger partial charge in [-0.05, 0) is 33.6 Å². The summed E-state index contributed by atoms with van der Waals surface area (Å²) < 4.78 is 5.60. The monoisotopic (exact) mass is 302 g/mol. The van der Waals surface area contributed by atoms with Crippen LogP contribution in [0.5, 0.6) is 5.75 Å². The van der Waals surface area contributed by atoms with Crippen molar-refractivity contribution < 1.29 is 24.5 Å². The Morgan fingerprint density at radius 1 is 1.41 bits per heavy atom. The predicted octanol–water partition coefficient (Wildman–Crippen LogP) is 2.10. The molecule has 0 saturated carbocycles. The summed E-state index contributed by atoms with van der Waals surface area (Å²) in [6.07, 6.45) is -0.450. The SMILES string of the molecule is COc1ccc([C@H](CC(=O)O)C(=O)O)cc1Br. The van der Waals surface area contributed by atoms with E-state index in [9.17, 15) is 9.59 Å². The molecule has 0 bridgehead atoms. The van der Waals surface area contributed by atoms with Gasteiger partial charge in [0.25, 0.3) is 0 Å². The summed E-state index contributed by atoms with van der Waals surface area (Å²) in [5.41, 5.74) is 0.424. The minimum Gasteiger partial charge on any atom is -0.496 e. The summed E-state index contributed by atoms with van der Waals surface area (Å²) in [6.45, 7) is 0. The summed E-state index contributed by atoms with van der Waals surface area (Å²) in [5, 5.41) is 17.6. The number of carboxylic acids is 2. The normalized spacial score (nSPS) is 11.9. The lowest BCUT2D eigenvalue weighted by molar-refractivity contribution is -0.145. The van der Waals surface area contributed by atoms with E-state index in [0.717, 1.165) is 0 Å². The molecule has 0 heterocycles. The molecule has 1 aromatic rings. The minimum atomic E-state index is -1.16. The van der Waals surface area contributed by atoms with Crippen LogP contribution in [0, 0.1) is 0 Å². The second kappa shape index (κ2) is 5.67. The van der Waals surface area contributed by atoms with Crippen LogP contribution in [0.4, 0.5) is 0 Å². The highest BCUT2D eigenvalue weighted by atomic mass is 79.9. The fourth-order valence-electron chi connectivity index (χ4n) is 1.42. The van der Waals surface area contributed by atoms with Gasteiger partial charge in [0.2, 0.25) is 0 Å². The molecule has 5 nitrogen and oxygen atoms in total. The Hall–Kier alpha value is -1.56. The zero-order valence-corrected chi connectivity index (χ0v) is 10.6. The first-order valence-corrected chi connectivity index (χ1v) is 5.53. The van der Waals surface area contributed by atoms with Crippen molar-refractivity contribution in [3.05, 3.63) is 28.2 Å². The maximum Gasteiger partial charge on any atom is 0.311 e. The van der Waals surface area contributed by atoms with Gasteiger partial charge in [-0.3, -0.25) is 9.59 Å². The summed E-state index contributed by atoms with van der Waals surface area (Å²) in [5.74, 6) is -2.81. The third-order valence-electron chi connectivity index (χ3n) is 2.26. The molecule has 0 radical (unpaired) electrons. The maximum atomic E-state index is 11.0. The van der Waals surface area contributed by atoms with Gasteiger partial charge in [-0.25, -0.2) is 0 Å². The number of hydrogen-bond donors (Lipinski definition) is 2. The Kier molecular flexibility index (Phi) is 4.51. The molecule has 0 aliphatic heterocycles. The molecule has 0 amide bonds. The number of halogens is 1. The van der Waals surface area contributed by atoms with E-state index in [2.05, 4.69) is 15.9 Å². The molecule has 92 valence electrons. The van der Waals surface area contributed by atoms with Gasteiger partial charge in [0.05, 0.1) is 23.9 Å². The molecule has 1 atom stereocenters. The summed E-state index contributed by atoms with van der Waals surface area (Å²) in [7, 11) is 1.49. The van der Waals surface area contributed by atoms with Gasteiger partial charge in [0, 0.05) is 0 Å². The minimum absolute atomic E-state index is 0.424. The van der Waals surface area contributed by atoms with Crippen LogP contribution in [0.1, 0.15) is 17.9 Å². The van der Waals surface area contributed by atoms with E-state index in [1.165, 1.54) is 7.11 Å². The molecule has 0 aromatic heterocycles. The van der Waals surface area contributed by atoms with Crippen molar-refractivity contribution in [2.45, 2.75) is 12.3 Å². The number of carbonyl (C=O) groups is 2. The van der Waals surface area contributed by atoms with E-state index >= 15 is 0 Å². The highest BCUT2D eigenvalue weighted by Gasteiger charge is 2.23. The van der Waals surface area contributed by atoms with Crippen molar-refractivity contribution in [3.8, 4) is 5.75 Å². The molecular formula is C11H11BrO5. The Labute approximate surface area is 106 Å². The average molecular weight is 303 g/mol. The Morgan fingerprint density at radius 2 is 2.06 bits per heavy atom. The number of aliphatic carboxylic acids is 2. The predicted molar refractivity (Wildman–Crippen MR) is 63.3 cm³/mol. The van der Waals surface area contributed by atoms with Crippen molar-refractivity contribution in [2.24, 2.45) is 0 Å². The van der Waals surface area contributed by atoms with Crippen LogP contribution in [0.15, 0.2) is 22.7 Å². The second-order valence-electron chi connectivity index (χ2n) is 3.38. The van der Waals surface area contributed by atoms with Crippen LogP contribution in [-0.4, -0.2) is 29.3 Å². The second-order valence-corrected chi connectivity index (χ2v) is 4.24. The van der Waals surface area contributed by atoms with E-state index in [1.54, 1.807) is 18.2 Å². The third-order valence-corrected chi connectivity index (χ3v) is 2.87. The zero-order valence-electron chi connectivity index (χ0n) is 9.01. The van der Waals surface area contributed by atoms with E-state index in [4.69, 9.17) is 14.9 Å². The van der Waals surface area contributed by atoms with Gasteiger partial charge >= 0.3 is 11.9 Å². The molecule has 6 heteroatoms. The number of methoxy groups -OCH3 is 1. The molecule has 0 unspecified atom stereocenters. The number of carboxylic acid groups (broad SMARTS) is 2.